The Hall–Kier alpha value is -4.09. The standard InChI is InChI=1S/C28H24F6N4O2/c1-18-37(23-8-5-11-35-17-23)25(40)26(38(18)22-6-3-2-4-7-22)9-12-36(13-10-26)24(39)19-14-20(27(29,30)31)16-21(15-19)28(32,33)34/h2-8,11,14-18H,9-10,12-13H2,1H3. The van der Waals surface area contributed by atoms with E-state index in [1.54, 1.807) is 29.4 Å². The van der Waals surface area contributed by atoms with Crippen LogP contribution in [0.25, 0.3) is 0 Å². The molecule has 6 nitrogen and oxygen atoms in total. The molecule has 2 aromatic carbocycles. The topological polar surface area (TPSA) is 56.8 Å². The van der Waals surface area contributed by atoms with Gasteiger partial charge in [-0.2, -0.15) is 26.3 Å². The fourth-order valence-electron chi connectivity index (χ4n) is 5.65. The Bertz CT molecular complexity index is 1370. The Morgan fingerprint density at radius 1 is 0.875 bits per heavy atom. The van der Waals surface area contributed by atoms with E-state index in [0.717, 1.165) is 5.69 Å². The number of nitrogens with zero attached hydrogens (tertiary/aromatic N) is 4. The highest BCUT2D eigenvalue weighted by Crippen LogP contribution is 2.44. The molecule has 3 heterocycles. The lowest BCUT2D eigenvalue weighted by Gasteiger charge is -2.44. The molecule has 3 aromatic rings. The van der Waals surface area contributed by atoms with Gasteiger partial charge in [0.15, 0.2) is 0 Å². The number of hydrogen-bond donors (Lipinski definition) is 0. The summed E-state index contributed by atoms with van der Waals surface area (Å²) in [6.45, 7) is 1.78. The van der Waals surface area contributed by atoms with Gasteiger partial charge in [0, 0.05) is 30.5 Å². The largest absolute Gasteiger partial charge is 0.416 e. The summed E-state index contributed by atoms with van der Waals surface area (Å²) in [6, 6.07) is 13.5. The third-order valence-corrected chi connectivity index (χ3v) is 7.50. The molecule has 12 heteroatoms. The highest BCUT2D eigenvalue weighted by atomic mass is 19.4. The number of pyridine rings is 1. The molecule has 2 saturated heterocycles. The van der Waals surface area contributed by atoms with Crippen molar-refractivity contribution in [2.24, 2.45) is 0 Å². The lowest BCUT2D eigenvalue weighted by atomic mass is 9.85. The molecule has 5 rings (SSSR count). The predicted octanol–water partition coefficient (Wildman–Crippen LogP) is 5.99. The quantitative estimate of drug-likeness (QED) is 0.368. The van der Waals surface area contributed by atoms with Gasteiger partial charge < -0.3 is 9.80 Å². The highest BCUT2D eigenvalue weighted by molar-refractivity contribution is 6.07. The summed E-state index contributed by atoms with van der Waals surface area (Å²) >= 11 is 0. The fraction of sp³-hybridized carbons (Fsp3) is 0.321. The van der Waals surface area contributed by atoms with Crippen LogP contribution in [0.15, 0.2) is 73.1 Å². The molecule has 2 fully saturated rings. The zero-order valence-corrected chi connectivity index (χ0v) is 21.2. The Labute approximate surface area is 225 Å². The highest BCUT2D eigenvalue weighted by Gasteiger charge is 2.57. The molecule has 0 aliphatic carbocycles. The molecule has 40 heavy (non-hydrogen) atoms. The van der Waals surface area contributed by atoms with E-state index in [4.69, 9.17) is 0 Å². The van der Waals surface area contributed by atoms with Crippen molar-refractivity contribution >= 4 is 23.2 Å². The van der Waals surface area contributed by atoms with Crippen LogP contribution in [0.4, 0.5) is 37.7 Å². The van der Waals surface area contributed by atoms with Crippen molar-refractivity contribution < 1.29 is 35.9 Å². The number of likely N-dealkylation sites (tertiary alicyclic amines) is 1. The van der Waals surface area contributed by atoms with Crippen molar-refractivity contribution in [2.75, 3.05) is 22.9 Å². The number of aromatic nitrogens is 1. The first-order valence-electron chi connectivity index (χ1n) is 12.5. The number of anilines is 2. The van der Waals surface area contributed by atoms with Crippen LogP contribution in [0.3, 0.4) is 0 Å². The van der Waals surface area contributed by atoms with Crippen molar-refractivity contribution in [3.8, 4) is 0 Å². The molecule has 0 saturated carbocycles. The van der Waals surface area contributed by atoms with Gasteiger partial charge in [-0.3, -0.25) is 19.5 Å². The summed E-state index contributed by atoms with van der Waals surface area (Å²) in [7, 11) is 0. The van der Waals surface area contributed by atoms with Crippen molar-refractivity contribution in [2.45, 2.75) is 43.8 Å². The molecular weight excluding hydrogens is 538 g/mol. The summed E-state index contributed by atoms with van der Waals surface area (Å²) in [5.41, 5.74) is -3.55. The molecule has 2 aliphatic heterocycles. The van der Waals surface area contributed by atoms with Crippen LogP contribution in [0.2, 0.25) is 0 Å². The Kier molecular flexibility index (Phi) is 6.75. The number of carbonyl (C=O) groups is 2. The van der Waals surface area contributed by atoms with E-state index in [-0.39, 0.29) is 37.9 Å². The summed E-state index contributed by atoms with van der Waals surface area (Å²) < 4.78 is 80.1. The molecule has 0 bridgehead atoms. The monoisotopic (exact) mass is 562 g/mol. The lowest BCUT2D eigenvalue weighted by molar-refractivity contribution is -0.143. The summed E-state index contributed by atoms with van der Waals surface area (Å²) in [5, 5.41) is 0. The maximum atomic E-state index is 14.0. The van der Waals surface area contributed by atoms with Gasteiger partial charge >= 0.3 is 12.4 Å². The summed E-state index contributed by atoms with van der Waals surface area (Å²) in [6.07, 6.45) is -7.17. The second-order valence-corrected chi connectivity index (χ2v) is 9.84. The van der Waals surface area contributed by atoms with Crippen LogP contribution >= 0.6 is 0 Å². The number of amides is 2. The minimum Gasteiger partial charge on any atom is -0.338 e. The maximum Gasteiger partial charge on any atom is 0.416 e. The van der Waals surface area contributed by atoms with E-state index in [2.05, 4.69) is 4.98 Å². The molecule has 2 aliphatic rings. The van der Waals surface area contributed by atoms with Crippen molar-refractivity contribution in [3.05, 3.63) is 89.7 Å². The smallest absolute Gasteiger partial charge is 0.338 e. The molecule has 1 aromatic heterocycles. The fourth-order valence-corrected chi connectivity index (χ4v) is 5.65. The number of carbonyl (C=O) groups excluding carboxylic acids is 2. The van der Waals surface area contributed by atoms with Crippen molar-refractivity contribution in [1.29, 1.82) is 0 Å². The van der Waals surface area contributed by atoms with Gasteiger partial charge in [-0.25, -0.2) is 0 Å². The van der Waals surface area contributed by atoms with Gasteiger partial charge in [-0.1, -0.05) is 18.2 Å². The first kappa shape index (κ1) is 27.5. The number of rotatable bonds is 3. The first-order chi connectivity index (χ1) is 18.8. The third-order valence-electron chi connectivity index (χ3n) is 7.50. The van der Waals surface area contributed by atoms with Crippen LogP contribution in [-0.2, 0) is 17.1 Å². The summed E-state index contributed by atoms with van der Waals surface area (Å²) in [4.78, 5) is 36.2. The normalized spacial score (nSPS) is 19.4. The Balaban J connectivity index is 1.47. The average Bonchev–Trinajstić information content (AvgIpc) is 3.13. The minimum absolute atomic E-state index is 0.00861. The summed E-state index contributed by atoms with van der Waals surface area (Å²) in [5.74, 6) is -1.18. The molecular formula is C28H24F6N4O2. The number of para-hydroxylation sites is 1. The minimum atomic E-state index is -5.07. The number of hydrogen-bond acceptors (Lipinski definition) is 4. The number of halogens is 6. The Morgan fingerprint density at radius 3 is 1.98 bits per heavy atom. The van der Waals surface area contributed by atoms with E-state index >= 15 is 0 Å². The molecule has 0 radical (unpaired) electrons. The van der Waals surface area contributed by atoms with E-state index in [0.29, 0.717) is 17.8 Å². The molecule has 1 unspecified atom stereocenters. The number of alkyl halides is 6. The Morgan fingerprint density at radius 2 is 1.45 bits per heavy atom. The zero-order chi connectivity index (χ0) is 28.9. The van der Waals surface area contributed by atoms with E-state index in [1.807, 2.05) is 42.2 Å². The van der Waals surface area contributed by atoms with Crippen molar-refractivity contribution in [1.82, 2.24) is 9.88 Å². The number of benzene rings is 2. The van der Waals surface area contributed by atoms with Crippen LogP contribution in [0, 0.1) is 0 Å². The van der Waals surface area contributed by atoms with Gasteiger partial charge in [0.05, 0.1) is 23.0 Å². The maximum absolute atomic E-state index is 14.0. The van der Waals surface area contributed by atoms with E-state index < -0.39 is 46.7 Å². The molecule has 1 atom stereocenters. The SMILES string of the molecule is CC1N(c2cccnc2)C(=O)C2(CCN(C(=O)c3cc(C(F)(F)F)cc(C(F)(F)F)c3)CC2)N1c1ccccc1. The van der Waals surface area contributed by atoms with Gasteiger partial charge in [0.2, 0.25) is 0 Å². The van der Waals surface area contributed by atoms with Gasteiger partial charge in [-0.05, 0) is 62.2 Å². The van der Waals surface area contributed by atoms with Gasteiger partial charge in [-0.15, -0.1) is 0 Å². The van der Waals surface area contributed by atoms with Crippen LogP contribution in [0.1, 0.15) is 41.3 Å². The first-order valence-corrected chi connectivity index (χ1v) is 12.5. The molecule has 2 amide bonds. The van der Waals surface area contributed by atoms with E-state index in [1.165, 1.54) is 4.90 Å². The second-order valence-electron chi connectivity index (χ2n) is 9.84. The molecule has 0 N–H and O–H groups in total. The van der Waals surface area contributed by atoms with Gasteiger partial charge in [0.1, 0.15) is 11.7 Å². The zero-order valence-electron chi connectivity index (χ0n) is 21.2. The number of piperidine rings is 1. The van der Waals surface area contributed by atoms with E-state index in [9.17, 15) is 35.9 Å². The second kappa shape index (κ2) is 9.83. The molecule has 210 valence electrons. The average molecular weight is 563 g/mol. The van der Waals surface area contributed by atoms with Crippen LogP contribution in [0.5, 0.6) is 0 Å². The third kappa shape index (κ3) is 4.75. The molecule has 1 spiro atoms. The lowest BCUT2D eigenvalue weighted by Crippen LogP contribution is -2.58. The predicted molar refractivity (Wildman–Crippen MR) is 134 cm³/mol. The van der Waals surface area contributed by atoms with Gasteiger partial charge in [0.25, 0.3) is 11.8 Å². The van der Waals surface area contributed by atoms with Crippen LogP contribution < -0.4 is 9.80 Å². The van der Waals surface area contributed by atoms with Crippen molar-refractivity contribution in [3.63, 3.8) is 0 Å². The van der Waals surface area contributed by atoms with Crippen LogP contribution in [-0.4, -0.2) is 46.5 Å².